The van der Waals surface area contributed by atoms with Crippen LogP contribution in [0.1, 0.15) is 27.2 Å². The Morgan fingerprint density at radius 3 is 2.75 bits per heavy atom. The molecule has 0 spiro atoms. The first-order valence-electron chi connectivity index (χ1n) is 6.33. The van der Waals surface area contributed by atoms with E-state index in [-0.39, 0.29) is 24.0 Å². The average molecular weight is 279 g/mol. The second-order valence-corrected chi connectivity index (χ2v) is 5.20. The van der Waals surface area contributed by atoms with Crippen LogP contribution >= 0.6 is 0 Å². The van der Waals surface area contributed by atoms with Gasteiger partial charge in [-0.3, -0.25) is 19.3 Å². The van der Waals surface area contributed by atoms with E-state index in [0.717, 1.165) is 0 Å². The molecule has 0 radical (unpaired) electrons. The van der Waals surface area contributed by atoms with Crippen molar-refractivity contribution in [3.63, 3.8) is 0 Å². The molecule has 0 unspecified atom stereocenters. The number of nitrogens with zero attached hydrogens (tertiary/aromatic N) is 1. The Morgan fingerprint density at radius 2 is 2.20 bits per heavy atom. The van der Waals surface area contributed by atoms with Gasteiger partial charge in [-0.05, 0) is 13.0 Å². The molecule has 1 fully saturated rings. The molecular weight excluding hydrogens is 262 g/mol. The van der Waals surface area contributed by atoms with Gasteiger partial charge in [-0.15, -0.1) is 0 Å². The van der Waals surface area contributed by atoms with Crippen molar-refractivity contribution in [2.45, 2.75) is 39.0 Å². The van der Waals surface area contributed by atoms with Crippen molar-refractivity contribution in [2.75, 3.05) is 0 Å². The maximum atomic E-state index is 12.0. The normalized spacial score (nSPS) is 33.4. The number of esters is 1. The Balaban J connectivity index is 2.36. The maximum absolute atomic E-state index is 12.0. The number of ketones is 1. The second-order valence-electron chi connectivity index (χ2n) is 5.20. The predicted octanol–water partition coefficient (Wildman–Crippen LogP) is 1.13. The van der Waals surface area contributed by atoms with Crippen LogP contribution in [0.4, 0.5) is 0 Å². The van der Waals surface area contributed by atoms with Gasteiger partial charge in [0.25, 0.3) is 0 Å². The highest BCUT2D eigenvalue weighted by atomic mass is 16.6. The lowest BCUT2D eigenvalue weighted by atomic mass is 9.89. The Bertz CT molecular complexity index is 524. The Kier molecular flexibility index (Phi) is 3.41. The maximum Gasteiger partial charge on any atom is 0.303 e. The Hall–Kier alpha value is -2.11. The van der Waals surface area contributed by atoms with E-state index in [4.69, 9.17) is 9.47 Å². The summed E-state index contributed by atoms with van der Waals surface area (Å²) >= 11 is 0. The quantitative estimate of drug-likeness (QED) is 0.559. The number of rotatable bonds is 2. The number of hydrogen-bond donors (Lipinski definition) is 0. The molecule has 0 aromatic rings. The average Bonchev–Trinajstić information content (AvgIpc) is 2.53. The van der Waals surface area contributed by atoms with Crippen LogP contribution in [0.25, 0.3) is 0 Å². The van der Waals surface area contributed by atoms with Crippen LogP contribution in [0, 0.1) is 5.92 Å². The summed E-state index contributed by atoms with van der Waals surface area (Å²) in [6, 6.07) is 0. The van der Waals surface area contributed by atoms with Crippen molar-refractivity contribution in [1.29, 1.82) is 0 Å². The van der Waals surface area contributed by atoms with E-state index in [0.29, 0.717) is 5.76 Å². The third-order valence-corrected chi connectivity index (χ3v) is 3.75. The van der Waals surface area contributed by atoms with Gasteiger partial charge in [0.2, 0.25) is 12.1 Å². The van der Waals surface area contributed by atoms with E-state index in [1.165, 1.54) is 24.1 Å². The van der Waals surface area contributed by atoms with E-state index in [1.54, 1.807) is 6.92 Å². The van der Waals surface area contributed by atoms with Crippen LogP contribution in [0.2, 0.25) is 0 Å². The molecule has 6 heteroatoms. The van der Waals surface area contributed by atoms with Gasteiger partial charge in [-0.2, -0.15) is 0 Å². The summed E-state index contributed by atoms with van der Waals surface area (Å²) in [4.78, 5) is 35.8. The van der Waals surface area contributed by atoms with Crippen molar-refractivity contribution < 1.29 is 23.9 Å². The molecule has 2 rings (SSSR count). The monoisotopic (exact) mass is 279 g/mol. The predicted molar refractivity (Wildman–Crippen MR) is 69.0 cm³/mol. The van der Waals surface area contributed by atoms with Gasteiger partial charge in [0.05, 0.1) is 18.1 Å². The summed E-state index contributed by atoms with van der Waals surface area (Å²) in [7, 11) is 0. The fourth-order valence-electron chi connectivity index (χ4n) is 2.43. The molecule has 108 valence electrons. The topological polar surface area (TPSA) is 72.9 Å². The third-order valence-electron chi connectivity index (χ3n) is 3.75. The number of carbonyl (C=O) groups excluding carboxylic acids is 3. The highest BCUT2D eigenvalue weighted by Crippen LogP contribution is 2.42. The van der Waals surface area contributed by atoms with Crippen molar-refractivity contribution >= 4 is 17.7 Å². The zero-order valence-corrected chi connectivity index (χ0v) is 11.7. The van der Waals surface area contributed by atoms with Crippen LogP contribution in [0.5, 0.6) is 0 Å². The zero-order valence-electron chi connectivity index (χ0n) is 11.7. The number of amides is 1. The van der Waals surface area contributed by atoms with Gasteiger partial charge >= 0.3 is 5.97 Å². The molecule has 1 saturated heterocycles. The summed E-state index contributed by atoms with van der Waals surface area (Å²) in [5.74, 6) is -0.938. The molecule has 0 N–H and O–H groups in total. The minimum Gasteiger partial charge on any atom is -0.470 e. The Labute approximate surface area is 117 Å². The summed E-state index contributed by atoms with van der Waals surface area (Å²) in [5, 5.41) is 0. The van der Waals surface area contributed by atoms with Gasteiger partial charge in [0.1, 0.15) is 0 Å². The lowest BCUT2D eigenvalue weighted by Crippen LogP contribution is -2.54. The molecule has 0 aliphatic carbocycles. The Morgan fingerprint density at radius 1 is 1.55 bits per heavy atom. The zero-order chi connectivity index (χ0) is 15.1. The van der Waals surface area contributed by atoms with E-state index in [9.17, 15) is 14.4 Å². The lowest BCUT2D eigenvalue weighted by Gasteiger charge is -2.37. The van der Waals surface area contributed by atoms with Gasteiger partial charge in [0.15, 0.2) is 11.4 Å². The molecule has 3 atom stereocenters. The first-order chi connectivity index (χ1) is 9.25. The molecule has 0 saturated carbocycles. The molecule has 0 aromatic heterocycles. The van der Waals surface area contributed by atoms with Gasteiger partial charge < -0.3 is 9.47 Å². The van der Waals surface area contributed by atoms with Gasteiger partial charge in [0, 0.05) is 13.1 Å². The summed E-state index contributed by atoms with van der Waals surface area (Å²) in [6.45, 7) is 8.59. The van der Waals surface area contributed by atoms with Crippen LogP contribution < -0.4 is 0 Å². The molecule has 2 aliphatic heterocycles. The van der Waals surface area contributed by atoms with Crippen molar-refractivity contribution in [3.8, 4) is 0 Å². The largest absolute Gasteiger partial charge is 0.470 e. The number of allylic oxidation sites excluding steroid dienone is 1. The molecule has 0 bridgehead atoms. The first kappa shape index (κ1) is 14.3. The number of carbonyl (C=O) groups is 3. The summed E-state index contributed by atoms with van der Waals surface area (Å²) in [6.07, 6.45) is 1.65. The van der Waals surface area contributed by atoms with Crippen LogP contribution in [-0.2, 0) is 23.9 Å². The standard InChI is InChI=1S/C14H17NO5/c1-8-9(2)19-13(14(8,4)20-10(3)16)15-6-5-11(17)7-12(15)18/h5-6,8,13H,2,7H2,1,3-4H3/t8-,13-,14-/m1/s1. The SMILES string of the molecule is C=C1O[C@@H](N2C=CC(=O)CC2=O)[C@](C)(OC(C)=O)[C@@H]1C. The fourth-order valence-corrected chi connectivity index (χ4v) is 2.43. The van der Waals surface area contributed by atoms with Crippen molar-refractivity contribution in [1.82, 2.24) is 4.90 Å². The van der Waals surface area contributed by atoms with Crippen LogP contribution in [0.15, 0.2) is 24.6 Å². The van der Waals surface area contributed by atoms with Crippen LogP contribution in [0.3, 0.4) is 0 Å². The second kappa shape index (κ2) is 4.77. The molecule has 0 aromatic carbocycles. The van der Waals surface area contributed by atoms with Gasteiger partial charge in [-0.1, -0.05) is 13.5 Å². The minimum atomic E-state index is -1.04. The highest BCUT2D eigenvalue weighted by Gasteiger charge is 2.55. The number of ether oxygens (including phenoxy) is 2. The molecule has 20 heavy (non-hydrogen) atoms. The van der Waals surface area contributed by atoms with E-state index >= 15 is 0 Å². The van der Waals surface area contributed by atoms with E-state index in [1.807, 2.05) is 6.92 Å². The van der Waals surface area contributed by atoms with E-state index < -0.39 is 17.8 Å². The number of hydrogen-bond acceptors (Lipinski definition) is 5. The first-order valence-corrected chi connectivity index (χ1v) is 6.33. The molecule has 2 heterocycles. The van der Waals surface area contributed by atoms with E-state index in [2.05, 4.69) is 6.58 Å². The smallest absolute Gasteiger partial charge is 0.303 e. The van der Waals surface area contributed by atoms with Gasteiger partial charge in [-0.25, -0.2) is 0 Å². The third kappa shape index (κ3) is 2.21. The highest BCUT2D eigenvalue weighted by molar-refractivity contribution is 6.06. The fraction of sp³-hybridized carbons (Fsp3) is 0.500. The molecule has 1 amide bonds. The van der Waals surface area contributed by atoms with Crippen molar-refractivity contribution in [3.05, 3.63) is 24.6 Å². The molecular formula is C14H17NO5. The lowest BCUT2D eigenvalue weighted by molar-refractivity contribution is -0.179. The van der Waals surface area contributed by atoms with Crippen molar-refractivity contribution in [2.24, 2.45) is 5.92 Å². The molecule has 2 aliphatic rings. The minimum absolute atomic E-state index is 0.215. The summed E-state index contributed by atoms with van der Waals surface area (Å²) in [5.41, 5.74) is -1.04. The van der Waals surface area contributed by atoms with Crippen LogP contribution in [-0.4, -0.2) is 34.4 Å². The molecule has 6 nitrogen and oxygen atoms in total. The summed E-state index contributed by atoms with van der Waals surface area (Å²) < 4.78 is 11.0.